The summed E-state index contributed by atoms with van der Waals surface area (Å²) in [5, 5.41) is 0. The van der Waals surface area contributed by atoms with E-state index in [9.17, 15) is 0 Å². The highest BCUT2D eigenvalue weighted by Crippen LogP contribution is 2.38. The Hall–Kier alpha value is -1.42. The fraction of sp³-hybridized carbons (Fsp3) is 0.600. The van der Waals surface area contributed by atoms with Gasteiger partial charge >= 0.3 is 0 Å². The molecule has 3 rings (SSSR count). The fourth-order valence-electron chi connectivity index (χ4n) is 2.85. The van der Waals surface area contributed by atoms with Crippen molar-refractivity contribution in [3.05, 3.63) is 17.7 Å². The topological polar surface area (TPSA) is 30.9 Å². The van der Waals surface area contributed by atoms with Gasteiger partial charge in [0.1, 0.15) is 5.75 Å². The predicted molar refractivity (Wildman–Crippen MR) is 73.1 cm³/mol. The van der Waals surface area contributed by atoms with E-state index < -0.39 is 0 Å². The van der Waals surface area contributed by atoms with Gasteiger partial charge in [-0.15, -0.1) is 0 Å². The highest BCUT2D eigenvalue weighted by Gasteiger charge is 2.18. The van der Waals surface area contributed by atoms with Crippen LogP contribution in [0.25, 0.3) is 0 Å². The molecule has 19 heavy (non-hydrogen) atoms. The smallest absolute Gasteiger partial charge is 0.231 e. The van der Waals surface area contributed by atoms with Crippen molar-refractivity contribution in [2.24, 2.45) is 0 Å². The molecule has 0 spiro atoms. The molecule has 4 heteroatoms. The second kappa shape index (κ2) is 5.70. The van der Waals surface area contributed by atoms with Gasteiger partial charge in [-0.05, 0) is 56.9 Å². The monoisotopic (exact) mass is 263 g/mol. The van der Waals surface area contributed by atoms with E-state index in [1.807, 2.05) is 6.07 Å². The van der Waals surface area contributed by atoms with Gasteiger partial charge in [0.2, 0.25) is 6.79 Å². The summed E-state index contributed by atoms with van der Waals surface area (Å²) in [5.41, 5.74) is 1.21. The summed E-state index contributed by atoms with van der Waals surface area (Å²) < 4.78 is 16.2. The van der Waals surface area contributed by atoms with Crippen LogP contribution in [0.1, 0.15) is 24.8 Å². The molecular formula is C15H21NO3. The number of hydrogen-bond donors (Lipinski definition) is 0. The summed E-state index contributed by atoms with van der Waals surface area (Å²) in [5.74, 6) is 2.54. The van der Waals surface area contributed by atoms with Crippen LogP contribution in [0, 0.1) is 0 Å². The molecule has 0 saturated carbocycles. The molecule has 0 aromatic heterocycles. The summed E-state index contributed by atoms with van der Waals surface area (Å²) in [4.78, 5) is 2.54. The molecule has 104 valence electrons. The average Bonchev–Trinajstić information content (AvgIpc) is 3.08. The second-order valence-corrected chi connectivity index (χ2v) is 5.17. The zero-order chi connectivity index (χ0) is 13.1. The van der Waals surface area contributed by atoms with Crippen molar-refractivity contribution in [3.8, 4) is 17.2 Å². The maximum atomic E-state index is 5.44. The second-order valence-electron chi connectivity index (χ2n) is 5.17. The third-order valence-corrected chi connectivity index (χ3v) is 3.89. The largest absolute Gasteiger partial charge is 0.496 e. The SMILES string of the molecule is COc1cc2c(cc1CCCN1CCCC1)OCO2. The van der Waals surface area contributed by atoms with E-state index in [-0.39, 0.29) is 0 Å². The van der Waals surface area contributed by atoms with E-state index in [4.69, 9.17) is 14.2 Å². The lowest BCUT2D eigenvalue weighted by Crippen LogP contribution is -2.20. The van der Waals surface area contributed by atoms with E-state index >= 15 is 0 Å². The Balaban J connectivity index is 1.62. The molecule has 1 aromatic carbocycles. The molecule has 1 aromatic rings. The quantitative estimate of drug-likeness (QED) is 0.816. The number of fused-ring (bicyclic) bond motifs is 1. The summed E-state index contributed by atoms with van der Waals surface area (Å²) >= 11 is 0. The molecule has 1 saturated heterocycles. The van der Waals surface area contributed by atoms with E-state index in [0.717, 1.165) is 30.1 Å². The van der Waals surface area contributed by atoms with Gasteiger partial charge in [-0.3, -0.25) is 0 Å². The van der Waals surface area contributed by atoms with Crippen molar-refractivity contribution in [3.63, 3.8) is 0 Å². The van der Waals surface area contributed by atoms with Gasteiger partial charge in [-0.25, -0.2) is 0 Å². The minimum absolute atomic E-state index is 0.315. The van der Waals surface area contributed by atoms with Crippen molar-refractivity contribution in [1.82, 2.24) is 4.90 Å². The van der Waals surface area contributed by atoms with E-state index in [1.54, 1.807) is 7.11 Å². The Labute approximate surface area is 114 Å². The third kappa shape index (κ3) is 2.78. The first kappa shape index (κ1) is 12.6. The molecule has 1 fully saturated rings. The van der Waals surface area contributed by atoms with Crippen LogP contribution < -0.4 is 14.2 Å². The van der Waals surface area contributed by atoms with Gasteiger partial charge in [-0.2, -0.15) is 0 Å². The summed E-state index contributed by atoms with van der Waals surface area (Å²) in [6.45, 7) is 4.02. The van der Waals surface area contributed by atoms with Crippen LogP contribution in [-0.2, 0) is 6.42 Å². The molecule has 4 nitrogen and oxygen atoms in total. The van der Waals surface area contributed by atoms with Crippen molar-refractivity contribution < 1.29 is 14.2 Å². The number of benzene rings is 1. The Morgan fingerprint density at radius 1 is 1.16 bits per heavy atom. The fourth-order valence-corrected chi connectivity index (χ4v) is 2.85. The third-order valence-electron chi connectivity index (χ3n) is 3.89. The van der Waals surface area contributed by atoms with Gasteiger partial charge in [0.15, 0.2) is 11.5 Å². The Bertz CT molecular complexity index is 441. The first-order chi connectivity index (χ1) is 9.36. The minimum Gasteiger partial charge on any atom is -0.496 e. The van der Waals surface area contributed by atoms with Crippen LogP contribution in [0.15, 0.2) is 12.1 Å². The van der Waals surface area contributed by atoms with Gasteiger partial charge in [0, 0.05) is 6.07 Å². The maximum Gasteiger partial charge on any atom is 0.231 e. The van der Waals surface area contributed by atoms with Crippen LogP contribution in [-0.4, -0.2) is 38.4 Å². The van der Waals surface area contributed by atoms with Crippen LogP contribution in [0.2, 0.25) is 0 Å². The van der Waals surface area contributed by atoms with Crippen LogP contribution in [0.5, 0.6) is 17.2 Å². The lowest BCUT2D eigenvalue weighted by molar-refractivity contribution is 0.174. The Kier molecular flexibility index (Phi) is 3.78. The molecular weight excluding hydrogens is 242 g/mol. The Morgan fingerprint density at radius 3 is 2.63 bits per heavy atom. The standard InChI is InChI=1S/C15H21NO3/c1-17-13-10-15-14(18-11-19-15)9-12(13)5-4-8-16-6-2-3-7-16/h9-10H,2-8,11H2,1H3. The normalized spacial score (nSPS) is 17.9. The predicted octanol–water partition coefficient (Wildman–Crippen LogP) is 2.45. The summed E-state index contributed by atoms with van der Waals surface area (Å²) in [7, 11) is 1.71. The molecule has 2 aliphatic heterocycles. The molecule has 0 radical (unpaired) electrons. The van der Waals surface area contributed by atoms with Gasteiger partial charge in [0.05, 0.1) is 7.11 Å². The first-order valence-electron chi connectivity index (χ1n) is 7.05. The molecule has 0 atom stereocenters. The Morgan fingerprint density at radius 2 is 1.89 bits per heavy atom. The van der Waals surface area contributed by atoms with E-state index in [0.29, 0.717) is 6.79 Å². The lowest BCUT2D eigenvalue weighted by Gasteiger charge is -2.15. The van der Waals surface area contributed by atoms with Crippen molar-refractivity contribution in [2.75, 3.05) is 33.5 Å². The molecule has 0 bridgehead atoms. The van der Waals surface area contributed by atoms with Crippen LogP contribution in [0.3, 0.4) is 0 Å². The number of hydrogen-bond acceptors (Lipinski definition) is 4. The number of aryl methyl sites for hydroxylation is 1. The van der Waals surface area contributed by atoms with Crippen molar-refractivity contribution >= 4 is 0 Å². The number of likely N-dealkylation sites (tertiary alicyclic amines) is 1. The molecule has 0 unspecified atom stereocenters. The first-order valence-corrected chi connectivity index (χ1v) is 7.05. The van der Waals surface area contributed by atoms with E-state index in [2.05, 4.69) is 11.0 Å². The highest BCUT2D eigenvalue weighted by atomic mass is 16.7. The number of rotatable bonds is 5. The van der Waals surface area contributed by atoms with E-state index in [1.165, 1.54) is 38.0 Å². The summed E-state index contributed by atoms with van der Waals surface area (Å²) in [6, 6.07) is 4.00. The van der Waals surface area contributed by atoms with Crippen molar-refractivity contribution in [2.45, 2.75) is 25.7 Å². The van der Waals surface area contributed by atoms with Gasteiger partial charge in [-0.1, -0.05) is 0 Å². The molecule has 0 aliphatic carbocycles. The molecule has 2 aliphatic rings. The number of ether oxygens (including phenoxy) is 3. The lowest BCUT2D eigenvalue weighted by atomic mass is 10.1. The van der Waals surface area contributed by atoms with Gasteiger partial charge < -0.3 is 19.1 Å². The molecule has 0 amide bonds. The van der Waals surface area contributed by atoms with Crippen LogP contribution in [0.4, 0.5) is 0 Å². The average molecular weight is 263 g/mol. The summed E-state index contributed by atoms with van der Waals surface area (Å²) in [6.07, 6.45) is 4.90. The maximum absolute atomic E-state index is 5.44. The van der Waals surface area contributed by atoms with Gasteiger partial charge in [0.25, 0.3) is 0 Å². The molecule has 0 N–H and O–H groups in total. The highest BCUT2D eigenvalue weighted by molar-refractivity contribution is 5.51. The number of methoxy groups -OCH3 is 1. The molecule has 2 heterocycles. The number of nitrogens with zero attached hydrogens (tertiary/aromatic N) is 1. The van der Waals surface area contributed by atoms with Crippen LogP contribution >= 0.6 is 0 Å². The minimum atomic E-state index is 0.315. The zero-order valence-corrected chi connectivity index (χ0v) is 11.5. The van der Waals surface area contributed by atoms with Crippen molar-refractivity contribution in [1.29, 1.82) is 0 Å². The zero-order valence-electron chi connectivity index (χ0n) is 11.5.